The highest BCUT2D eigenvalue weighted by Crippen LogP contribution is 2.44. The Labute approximate surface area is 192 Å². The molecule has 0 saturated carbocycles. The molecule has 0 heterocycles. The fraction of sp³-hybridized carbons (Fsp3) is 0.185. The predicted molar refractivity (Wildman–Crippen MR) is 125 cm³/mol. The summed E-state index contributed by atoms with van der Waals surface area (Å²) in [5, 5.41) is 12.1. The van der Waals surface area contributed by atoms with Crippen LogP contribution < -0.4 is 10.1 Å². The quantitative estimate of drug-likeness (QED) is 0.465. The second kappa shape index (κ2) is 10.0. The first kappa shape index (κ1) is 22.1. The summed E-state index contributed by atoms with van der Waals surface area (Å²) in [4.78, 5) is 24.4. The highest BCUT2D eigenvalue weighted by Gasteiger charge is 2.30. The first-order valence-corrected chi connectivity index (χ1v) is 10.7. The van der Waals surface area contributed by atoms with E-state index in [1.807, 2.05) is 36.4 Å². The van der Waals surface area contributed by atoms with Crippen LogP contribution in [0.5, 0.6) is 5.75 Å². The second-order valence-corrected chi connectivity index (χ2v) is 7.77. The van der Waals surface area contributed by atoms with Crippen LogP contribution in [-0.4, -0.2) is 36.4 Å². The van der Waals surface area contributed by atoms with Gasteiger partial charge >= 0.3 is 12.1 Å². The van der Waals surface area contributed by atoms with E-state index < -0.39 is 18.1 Å². The van der Waals surface area contributed by atoms with Gasteiger partial charge in [0.25, 0.3) is 0 Å². The van der Waals surface area contributed by atoms with Crippen LogP contribution in [0.2, 0.25) is 0 Å². The van der Waals surface area contributed by atoms with Crippen molar-refractivity contribution in [2.45, 2.75) is 18.4 Å². The zero-order chi connectivity index (χ0) is 23.2. The third-order valence-electron chi connectivity index (χ3n) is 5.69. The highest BCUT2D eigenvalue weighted by molar-refractivity contribution is 5.81. The lowest BCUT2D eigenvalue weighted by Gasteiger charge is -2.18. The van der Waals surface area contributed by atoms with Gasteiger partial charge in [-0.3, -0.25) is 0 Å². The number of fused-ring (bicyclic) bond motifs is 3. The normalized spacial score (nSPS) is 12.8. The van der Waals surface area contributed by atoms with Gasteiger partial charge in [0.1, 0.15) is 25.0 Å². The number of para-hydroxylation sites is 1. The van der Waals surface area contributed by atoms with Gasteiger partial charge < -0.3 is 19.9 Å². The van der Waals surface area contributed by atoms with Gasteiger partial charge in [0.05, 0.1) is 0 Å². The Kier molecular flexibility index (Phi) is 6.74. The van der Waals surface area contributed by atoms with Crippen molar-refractivity contribution < 1.29 is 24.2 Å². The number of ether oxygens (including phenoxy) is 2. The maximum absolute atomic E-state index is 12.5. The van der Waals surface area contributed by atoms with E-state index in [9.17, 15) is 14.7 Å². The molecular weight excluding hydrogens is 418 g/mol. The van der Waals surface area contributed by atoms with E-state index in [-0.39, 0.29) is 18.9 Å². The molecule has 3 aromatic rings. The number of benzene rings is 3. The number of alkyl carbamates (subject to hydrolysis) is 1. The van der Waals surface area contributed by atoms with Crippen LogP contribution in [0.4, 0.5) is 4.79 Å². The first-order chi connectivity index (χ1) is 16.1. The first-order valence-electron chi connectivity index (χ1n) is 10.7. The van der Waals surface area contributed by atoms with Gasteiger partial charge in [0, 0.05) is 12.3 Å². The molecule has 3 aromatic carbocycles. The van der Waals surface area contributed by atoms with Crippen molar-refractivity contribution in [2.24, 2.45) is 0 Å². The van der Waals surface area contributed by atoms with Crippen molar-refractivity contribution in [1.29, 1.82) is 0 Å². The minimum atomic E-state index is -1.16. The fourth-order valence-electron chi connectivity index (χ4n) is 4.16. The number of amides is 1. The van der Waals surface area contributed by atoms with Crippen LogP contribution in [0.1, 0.15) is 22.6 Å². The monoisotopic (exact) mass is 443 g/mol. The van der Waals surface area contributed by atoms with Crippen LogP contribution in [0.3, 0.4) is 0 Å². The van der Waals surface area contributed by atoms with Gasteiger partial charge in [-0.25, -0.2) is 9.59 Å². The predicted octanol–water partition coefficient (Wildman–Crippen LogP) is 4.79. The van der Waals surface area contributed by atoms with Crippen molar-refractivity contribution in [2.75, 3.05) is 13.2 Å². The molecular formula is C27H25NO5. The molecule has 0 bridgehead atoms. The molecule has 0 aromatic heterocycles. The number of aliphatic carboxylic acids is 1. The Morgan fingerprint density at radius 2 is 1.58 bits per heavy atom. The number of rotatable bonds is 9. The maximum atomic E-state index is 12.5. The molecule has 1 amide bonds. The van der Waals surface area contributed by atoms with E-state index in [1.54, 1.807) is 30.3 Å². The second-order valence-electron chi connectivity index (χ2n) is 7.77. The van der Waals surface area contributed by atoms with Crippen molar-refractivity contribution in [3.8, 4) is 16.9 Å². The van der Waals surface area contributed by atoms with E-state index >= 15 is 0 Å². The SMILES string of the molecule is C=CCOc1ccccc1CC(NC(=O)OCC1c2ccccc2-c2ccccc21)C(=O)O. The minimum absolute atomic E-state index is 0.0623. The van der Waals surface area contributed by atoms with Gasteiger partial charge in [0.15, 0.2) is 0 Å². The van der Waals surface area contributed by atoms with Crippen molar-refractivity contribution in [3.05, 3.63) is 102 Å². The molecule has 2 N–H and O–H groups in total. The summed E-state index contributed by atoms with van der Waals surface area (Å²) in [6.45, 7) is 4.04. The summed E-state index contributed by atoms with van der Waals surface area (Å²) in [5.74, 6) is -0.695. The Hall–Kier alpha value is -4.06. The molecule has 6 heteroatoms. The van der Waals surface area contributed by atoms with Gasteiger partial charge in [-0.15, -0.1) is 0 Å². The number of nitrogens with one attached hydrogen (secondary N) is 1. The molecule has 1 aliphatic rings. The Bertz CT molecular complexity index is 1130. The molecule has 0 aliphatic heterocycles. The van der Waals surface area contributed by atoms with Crippen molar-refractivity contribution >= 4 is 12.1 Å². The lowest BCUT2D eigenvalue weighted by atomic mass is 9.98. The summed E-state index contributed by atoms with van der Waals surface area (Å²) >= 11 is 0. The van der Waals surface area contributed by atoms with Crippen LogP contribution in [-0.2, 0) is 16.0 Å². The lowest BCUT2D eigenvalue weighted by Crippen LogP contribution is -2.43. The number of hydrogen-bond donors (Lipinski definition) is 2. The molecule has 6 nitrogen and oxygen atoms in total. The molecule has 1 aliphatic carbocycles. The number of carbonyl (C=O) groups is 2. The van der Waals surface area contributed by atoms with Gasteiger partial charge in [0.2, 0.25) is 0 Å². The Morgan fingerprint density at radius 1 is 0.970 bits per heavy atom. The summed E-state index contributed by atoms with van der Waals surface area (Å²) < 4.78 is 11.1. The highest BCUT2D eigenvalue weighted by atomic mass is 16.5. The molecule has 1 atom stereocenters. The fourth-order valence-corrected chi connectivity index (χ4v) is 4.16. The van der Waals surface area contributed by atoms with Crippen LogP contribution >= 0.6 is 0 Å². The van der Waals surface area contributed by atoms with E-state index in [2.05, 4.69) is 24.0 Å². The third kappa shape index (κ3) is 4.90. The largest absolute Gasteiger partial charge is 0.489 e. The molecule has 0 saturated heterocycles. The smallest absolute Gasteiger partial charge is 0.407 e. The van der Waals surface area contributed by atoms with Crippen LogP contribution in [0.15, 0.2) is 85.5 Å². The standard InChI is InChI=1S/C27H25NO5/c1-2-15-32-25-14-8-3-9-18(25)16-24(26(29)30)28-27(31)33-17-23-21-12-6-4-10-19(21)20-11-5-7-13-22(20)23/h2-14,23-24H,1,15-17H2,(H,28,31)(H,29,30). The lowest BCUT2D eigenvalue weighted by molar-refractivity contribution is -0.139. The van der Waals surface area contributed by atoms with Gasteiger partial charge in [-0.2, -0.15) is 0 Å². The van der Waals surface area contributed by atoms with Crippen molar-refractivity contribution in [1.82, 2.24) is 5.32 Å². The van der Waals surface area contributed by atoms with Gasteiger partial charge in [-0.05, 0) is 33.9 Å². The molecule has 0 radical (unpaired) electrons. The number of carboxylic acid groups (broad SMARTS) is 1. The van der Waals surface area contributed by atoms with Crippen molar-refractivity contribution in [3.63, 3.8) is 0 Å². The summed E-state index contributed by atoms with van der Waals surface area (Å²) in [6, 6.07) is 22.0. The average Bonchev–Trinajstić information content (AvgIpc) is 3.15. The zero-order valence-electron chi connectivity index (χ0n) is 18.1. The molecule has 1 unspecified atom stereocenters. The summed E-state index contributed by atoms with van der Waals surface area (Å²) in [6.07, 6.45) is 0.904. The molecule has 168 valence electrons. The average molecular weight is 443 g/mol. The topological polar surface area (TPSA) is 84.9 Å². The molecule has 4 rings (SSSR count). The molecule has 0 fully saturated rings. The number of carboxylic acids is 1. The van der Waals surface area contributed by atoms with E-state index in [1.165, 1.54) is 0 Å². The molecule has 33 heavy (non-hydrogen) atoms. The molecule has 0 spiro atoms. The summed E-state index contributed by atoms with van der Waals surface area (Å²) in [7, 11) is 0. The summed E-state index contributed by atoms with van der Waals surface area (Å²) in [5.41, 5.74) is 5.11. The third-order valence-corrected chi connectivity index (χ3v) is 5.69. The maximum Gasteiger partial charge on any atom is 0.407 e. The van der Waals surface area contributed by atoms with E-state index in [4.69, 9.17) is 9.47 Å². The minimum Gasteiger partial charge on any atom is -0.489 e. The van der Waals surface area contributed by atoms with Crippen LogP contribution in [0.25, 0.3) is 11.1 Å². The van der Waals surface area contributed by atoms with E-state index in [0.717, 1.165) is 22.3 Å². The zero-order valence-corrected chi connectivity index (χ0v) is 18.1. The van der Waals surface area contributed by atoms with E-state index in [0.29, 0.717) is 17.9 Å². The van der Waals surface area contributed by atoms with Gasteiger partial charge in [-0.1, -0.05) is 79.4 Å². The Balaban J connectivity index is 1.43. The Morgan fingerprint density at radius 3 is 2.21 bits per heavy atom. The number of carbonyl (C=O) groups excluding carboxylic acids is 1. The van der Waals surface area contributed by atoms with Crippen LogP contribution in [0, 0.1) is 0 Å². The number of hydrogen-bond acceptors (Lipinski definition) is 4.